The maximum atomic E-state index is 13.5. The van der Waals surface area contributed by atoms with Crippen LogP contribution < -0.4 is 20.1 Å². The minimum Gasteiger partial charge on any atom is -0.494 e. The van der Waals surface area contributed by atoms with Gasteiger partial charge in [0.05, 0.1) is 13.2 Å². The summed E-state index contributed by atoms with van der Waals surface area (Å²) in [5.74, 6) is 0.931. The van der Waals surface area contributed by atoms with Crippen LogP contribution in [-0.4, -0.2) is 23.2 Å². The number of anilines is 4. The second-order valence-corrected chi connectivity index (χ2v) is 6.89. The number of ether oxygens (including phenoxy) is 2. The van der Waals surface area contributed by atoms with Crippen molar-refractivity contribution in [2.75, 3.05) is 23.8 Å². The number of nitrogens with one attached hydrogen (secondary N) is 2. The van der Waals surface area contributed by atoms with Crippen molar-refractivity contribution in [1.82, 2.24) is 9.97 Å². The number of halogens is 3. The van der Waals surface area contributed by atoms with Crippen LogP contribution in [0.1, 0.15) is 32.3 Å². The summed E-state index contributed by atoms with van der Waals surface area (Å²) in [5.41, 5.74) is 0.0766. The van der Waals surface area contributed by atoms with Gasteiger partial charge in [0.2, 0.25) is 5.95 Å². The molecule has 9 heteroatoms. The number of benzene rings is 2. The molecule has 1 heterocycles. The Labute approximate surface area is 184 Å². The van der Waals surface area contributed by atoms with Crippen LogP contribution >= 0.6 is 0 Å². The molecule has 2 N–H and O–H groups in total. The molecule has 0 radical (unpaired) electrons. The maximum absolute atomic E-state index is 13.5. The Balaban J connectivity index is 1.82. The lowest BCUT2D eigenvalue weighted by Crippen LogP contribution is -2.12. The van der Waals surface area contributed by atoms with Gasteiger partial charge in [-0.25, -0.2) is 4.98 Å². The molecule has 0 atom stereocenters. The van der Waals surface area contributed by atoms with Crippen LogP contribution in [0.4, 0.5) is 36.3 Å². The van der Waals surface area contributed by atoms with Gasteiger partial charge in [0, 0.05) is 23.6 Å². The summed E-state index contributed by atoms with van der Waals surface area (Å²) in [5, 5.41) is 5.66. The van der Waals surface area contributed by atoms with E-state index in [1.54, 1.807) is 48.5 Å². The molecule has 0 aliphatic carbocycles. The van der Waals surface area contributed by atoms with Gasteiger partial charge in [-0.05, 0) is 49.7 Å². The maximum Gasteiger partial charge on any atom is 0.421 e. The molecule has 0 spiro atoms. The Bertz CT molecular complexity index is 1010. The number of hydrogen-bond acceptors (Lipinski definition) is 6. The highest BCUT2D eigenvalue weighted by atomic mass is 19.4. The van der Waals surface area contributed by atoms with Crippen molar-refractivity contribution in [3.8, 4) is 11.5 Å². The van der Waals surface area contributed by atoms with Gasteiger partial charge in [-0.1, -0.05) is 19.4 Å². The van der Waals surface area contributed by atoms with Crippen LogP contribution in [-0.2, 0) is 6.18 Å². The molecule has 0 aliphatic rings. The Hall–Kier alpha value is -3.49. The fourth-order valence-electron chi connectivity index (χ4n) is 2.81. The Kier molecular flexibility index (Phi) is 7.75. The predicted octanol–water partition coefficient (Wildman–Crippen LogP) is 6.56. The molecule has 170 valence electrons. The van der Waals surface area contributed by atoms with Crippen molar-refractivity contribution < 1.29 is 22.6 Å². The molecule has 0 saturated heterocycles. The number of hydrogen-bond donors (Lipinski definition) is 2. The quantitative estimate of drug-likeness (QED) is 0.344. The minimum absolute atomic E-state index is 0.0278. The van der Waals surface area contributed by atoms with Crippen molar-refractivity contribution in [3.05, 3.63) is 60.3 Å². The van der Waals surface area contributed by atoms with Crippen molar-refractivity contribution in [2.24, 2.45) is 0 Å². The molecule has 3 aromatic rings. The standard InChI is InChI=1S/C23H25F3N4O2/c1-3-5-13-32-19-8-6-7-17(14-19)28-21-20(23(24,25)26)15-27-22(30-21)29-16-9-11-18(12-10-16)31-4-2/h6-12,14-15H,3-5,13H2,1-2H3,(H2,27,28,29,30). The number of alkyl halides is 3. The van der Waals surface area contributed by atoms with E-state index < -0.39 is 11.7 Å². The fourth-order valence-corrected chi connectivity index (χ4v) is 2.81. The SMILES string of the molecule is CCCCOc1cccc(Nc2nc(Nc3ccc(OCC)cc3)ncc2C(F)(F)F)c1. The van der Waals surface area contributed by atoms with Crippen molar-refractivity contribution in [3.63, 3.8) is 0 Å². The van der Waals surface area contributed by atoms with Crippen molar-refractivity contribution in [2.45, 2.75) is 32.9 Å². The van der Waals surface area contributed by atoms with E-state index in [0.29, 0.717) is 36.1 Å². The molecule has 0 aliphatic heterocycles. The smallest absolute Gasteiger partial charge is 0.421 e. The van der Waals surface area contributed by atoms with Gasteiger partial charge >= 0.3 is 6.18 Å². The minimum atomic E-state index is -4.62. The fraction of sp³-hybridized carbons (Fsp3) is 0.304. The van der Waals surface area contributed by atoms with Crippen LogP contribution in [0.3, 0.4) is 0 Å². The van der Waals surface area contributed by atoms with Gasteiger partial charge in [0.25, 0.3) is 0 Å². The third-order valence-corrected chi connectivity index (χ3v) is 4.38. The summed E-state index contributed by atoms with van der Waals surface area (Å²) >= 11 is 0. The molecule has 1 aromatic heterocycles. The summed E-state index contributed by atoms with van der Waals surface area (Å²) in [6.07, 6.45) is -1.98. The van der Waals surface area contributed by atoms with E-state index in [0.717, 1.165) is 19.0 Å². The molecule has 0 bridgehead atoms. The van der Waals surface area contributed by atoms with Gasteiger partial charge in [-0.15, -0.1) is 0 Å². The average Bonchev–Trinajstić information content (AvgIpc) is 2.75. The summed E-state index contributed by atoms with van der Waals surface area (Å²) < 4.78 is 51.6. The lowest BCUT2D eigenvalue weighted by atomic mass is 10.2. The number of rotatable bonds is 10. The van der Waals surface area contributed by atoms with Gasteiger partial charge in [-0.3, -0.25) is 0 Å². The first kappa shape index (κ1) is 23.2. The Morgan fingerprint density at radius 3 is 2.38 bits per heavy atom. The zero-order valence-electron chi connectivity index (χ0n) is 17.9. The van der Waals surface area contributed by atoms with E-state index >= 15 is 0 Å². The van der Waals surface area contributed by atoms with Crippen LogP contribution in [0.5, 0.6) is 11.5 Å². The number of aromatic nitrogens is 2. The topological polar surface area (TPSA) is 68.3 Å². The molecule has 6 nitrogen and oxygen atoms in total. The first-order valence-electron chi connectivity index (χ1n) is 10.3. The molecule has 2 aromatic carbocycles. The highest BCUT2D eigenvalue weighted by Crippen LogP contribution is 2.35. The number of unbranched alkanes of at least 4 members (excludes halogenated alkanes) is 1. The average molecular weight is 446 g/mol. The van der Waals surface area contributed by atoms with E-state index in [1.807, 2.05) is 13.8 Å². The van der Waals surface area contributed by atoms with Gasteiger partial charge < -0.3 is 20.1 Å². The number of nitrogens with zero attached hydrogens (tertiary/aromatic N) is 2. The zero-order valence-corrected chi connectivity index (χ0v) is 17.9. The largest absolute Gasteiger partial charge is 0.494 e. The van der Waals surface area contributed by atoms with E-state index in [9.17, 15) is 13.2 Å². The highest BCUT2D eigenvalue weighted by Gasteiger charge is 2.35. The highest BCUT2D eigenvalue weighted by molar-refractivity contribution is 5.64. The van der Waals surface area contributed by atoms with E-state index in [-0.39, 0.29) is 11.8 Å². The predicted molar refractivity (Wildman–Crippen MR) is 118 cm³/mol. The van der Waals surface area contributed by atoms with Gasteiger partial charge in [0.1, 0.15) is 22.9 Å². The summed E-state index contributed by atoms with van der Waals surface area (Å²) in [7, 11) is 0. The van der Waals surface area contributed by atoms with Crippen LogP contribution in [0.25, 0.3) is 0 Å². The lowest BCUT2D eigenvalue weighted by molar-refractivity contribution is -0.137. The monoisotopic (exact) mass is 446 g/mol. The molecule has 3 rings (SSSR count). The van der Waals surface area contributed by atoms with Gasteiger partial charge in [0.15, 0.2) is 0 Å². The van der Waals surface area contributed by atoms with E-state index in [1.165, 1.54) is 0 Å². The molecule has 0 amide bonds. The normalized spacial score (nSPS) is 11.2. The summed E-state index contributed by atoms with van der Waals surface area (Å²) in [4.78, 5) is 7.90. The second kappa shape index (κ2) is 10.7. The second-order valence-electron chi connectivity index (χ2n) is 6.89. The zero-order chi connectivity index (χ0) is 23.0. The van der Waals surface area contributed by atoms with Gasteiger partial charge in [-0.2, -0.15) is 18.2 Å². The Morgan fingerprint density at radius 2 is 1.69 bits per heavy atom. The molecule has 0 saturated carbocycles. The van der Waals surface area contributed by atoms with E-state index in [2.05, 4.69) is 20.6 Å². The van der Waals surface area contributed by atoms with Crippen molar-refractivity contribution in [1.29, 1.82) is 0 Å². The van der Waals surface area contributed by atoms with Crippen LogP contribution in [0.15, 0.2) is 54.7 Å². The van der Waals surface area contributed by atoms with Crippen LogP contribution in [0, 0.1) is 0 Å². The summed E-state index contributed by atoms with van der Waals surface area (Å²) in [6.45, 7) is 5.00. The lowest BCUT2D eigenvalue weighted by Gasteiger charge is -2.15. The van der Waals surface area contributed by atoms with Crippen LogP contribution in [0.2, 0.25) is 0 Å². The molecule has 0 unspecified atom stereocenters. The third kappa shape index (κ3) is 6.50. The molecular weight excluding hydrogens is 421 g/mol. The Morgan fingerprint density at radius 1 is 0.906 bits per heavy atom. The van der Waals surface area contributed by atoms with E-state index in [4.69, 9.17) is 9.47 Å². The molecular formula is C23H25F3N4O2. The third-order valence-electron chi connectivity index (χ3n) is 4.38. The van der Waals surface area contributed by atoms with Crippen molar-refractivity contribution >= 4 is 23.1 Å². The first-order chi connectivity index (χ1) is 15.4. The first-order valence-corrected chi connectivity index (χ1v) is 10.3. The molecule has 0 fully saturated rings. The summed E-state index contributed by atoms with van der Waals surface area (Å²) in [6, 6.07) is 13.7. The molecule has 32 heavy (non-hydrogen) atoms.